The molecule has 8 nitrogen and oxygen atoms in total. The number of amides is 1. The number of hydrogen-bond acceptors (Lipinski definition) is 5. The van der Waals surface area contributed by atoms with Crippen LogP contribution < -0.4 is 14.4 Å². The standard InChI is InChI=1S/C22H20N2O6S/c1-30-20-14-8-7-13-19(20)24(31(28,29)16-9-3-2-4-10-16)15-21(25)23-18-12-6-5-11-17(18)22(26)27/h2-14H,15H2,1H3,(H,23,25)(H,26,27). The molecule has 2 N–H and O–H groups in total. The number of hydrogen-bond donors (Lipinski definition) is 2. The fourth-order valence-corrected chi connectivity index (χ4v) is 4.41. The predicted octanol–water partition coefficient (Wildman–Crippen LogP) is 3.23. The third-order valence-corrected chi connectivity index (χ3v) is 6.18. The number of rotatable bonds is 8. The molecule has 0 aliphatic carbocycles. The summed E-state index contributed by atoms with van der Waals surface area (Å²) in [5, 5.41) is 11.8. The lowest BCUT2D eigenvalue weighted by Gasteiger charge is -2.25. The van der Waals surface area contributed by atoms with Gasteiger partial charge in [-0.15, -0.1) is 0 Å². The van der Waals surface area contributed by atoms with Crippen molar-refractivity contribution in [3.8, 4) is 5.75 Å². The summed E-state index contributed by atoms with van der Waals surface area (Å²) in [4.78, 5) is 24.2. The maximum atomic E-state index is 13.4. The average Bonchev–Trinajstić information content (AvgIpc) is 2.78. The van der Waals surface area contributed by atoms with Crippen LogP contribution in [0.5, 0.6) is 5.75 Å². The largest absolute Gasteiger partial charge is 0.495 e. The van der Waals surface area contributed by atoms with E-state index in [2.05, 4.69) is 5.32 Å². The van der Waals surface area contributed by atoms with E-state index >= 15 is 0 Å². The summed E-state index contributed by atoms with van der Waals surface area (Å²) >= 11 is 0. The molecule has 0 radical (unpaired) electrons. The minimum Gasteiger partial charge on any atom is -0.495 e. The van der Waals surface area contributed by atoms with E-state index in [0.29, 0.717) is 0 Å². The van der Waals surface area contributed by atoms with E-state index < -0.39 is 28.4 Å². The highest BCUT2D eigenvalue weighted by Gasteiger charge is 2.29. The van der Waals surface area contributed by atoms with Gasteiger partial charge in [0, 0.05) is 0 Å². The average molecular weight is 440 g/mol. The Morgan fingerprint density at radius 3 is 2.23 bits per heavy atom. The van der Waals surface area contributed by atoms with Crippen molar-refractivity contribution in [2.75, 3.05) is 23.3 Å². The van der Waals surface area contributed by atoms with Crippen molar-refractivity contribution in [3.05, 3.63) is 84.4 Å². The van der Waals surface area contributed by atoms with Gasteiger partial charge in [-0.1, -0.05) is 42.5 Å². The first kappa shape index (κ1) is 21.8. The topological polar surface area (TPSA) is 113 Å². The summed E-state index contributed by atoms with van der Waals surface area (Å²) in [5.74, 6) is -1.66. The van der Waals surface area contributed by atoms with E-state index in [1.807, 2.05) is 0 Å². The van der Waals surface area contributed by atoms with Gasteiger partial charge in [-0.2, -0.15) is 0 Å². The Hall–Kier alpha value is -3.85. The lowest BCUT2D eigenvalue weighted by Crippen LogP contribution is -2.38. The second-order valence-corrected chi connectivity index (χ2v) is 8.26. The number of aromatic carboxylic acids is 1. The molecule has 0 fully saturated rings. The predicted molar refractivity (Wildman–Crippen MR) is 116 cm³/mol. The van der Waals surface area contributed by atoms with Gasteiger partial charge in [0.25, 0.3) is 10.0 Å². The number of anilines is 2. The molecular weight excluding hydrogens is 420 g/mol. The number of nitrogens with one attached hydrogen (secondary N) is 1. The van der Waals surface area contributed by atoms with Crippen LogP contribution >= 0.6 is 0 Å². The number of ether oxygens (including phenoxy) is 1. The SMILES string of the molecule is COc1ccccc1N(CC(=O)Nc1ccccc1C(=O)O)S(=O)(=O)c1ccccc1. The lowest BCUT2D eigenvalue weighted by atomic mass is 10.2. The zero-order valence-electron chi connectivity index (χ0n) is 16.6. The Kier molecular flexibility index (Phi) is 6.56. The maximum Gasteiger partial charge on any atom is 0.337 e. The molecule has 9 heteroatoms. The zero-order chi connectivity index (χ0) is 22.4. The second kappa shape index (κ2) is 9.31. The summed E-state index contributed by atoms with van der Waals surface area (Å²) in [6, 6.07) is 20.0. The van der Waals surface area contributed by atoms with Crippen LogP contribution in [0, 0.1) is 0 Å². The molecule has 0 aromatic heterocycles. The van der Waals surface area contributed by atoms with Crippen molar-refractivity contribution < 1.29 is 27.9 Å². The number of carbonyl (C=O) groups excluding carboxylic acids is 1. The van der Waals surface area contributed by atoms with Crippen LogP contribution in [0.25, 0.3) is 0 Å². The summed E-state index contributed by atoms with van der Waals surface area (Å²) in [6.07, 6.45) is 0. The molecule has 3 rings (SSSR count). The quantitative estimate of drug-likeness (QED) is 0.556. The number of sulfonamides is 1. The second-order valence-electron chi connectivity index (χ2n) is 6.40. The van der Waals surface area contributed by atoms with Crippen molar-refractivity contribution >= 4 is 33.3 Å². The maximum absolute atomic E-state index is 13.4. The van der Waals surface area contributed by atoms with Crippen LogP contribution in [0.2, 0.25) is 0 Å². The van der Waals surface area contributed by atoms with Crippen LogP contribution in [0.3, 0.4) is 0 Å². The Bertz CT molecular complexity index is 1200. The molecule has 0 heterocycles. The zero-order valence-corrected chi connectivity index (χ0v) is 17.4. The van der Waals surface area contributed by atoms with Crippen molar-refractivity contribution in [1.82, 2.24) is 0 Å². The van der Waals surface area contributed by atoms with E-state index in [4.69, 9.17) is 4.74 Å². The van der Waals surface area contributed by atoms with Gasteiger partial charge >= 0.3 is 5.97 Å². The van der Waals surface area contributed by atoms with E-state index in [-0.39, 0.29) is 27.6 Å². The van der Waals surface area contributed by atoms with Gasteiger partial charge in [-0.25, -0.2) is 13.2 Å². The van der Waals surface area contributed by atoms with Gasteiger partial charge < -0.3 is 15.2 Å². The molecule has 0 spiro atoms. The van der Waals surface area contributed by atoms with Crippen molar-refractivity contribution in [1.29, 1.82) is 0 Å². The lowest BCUT2D eigenvalue weighted by molar-refractivity contribution is -0.114. The van der Waals surface area contributed by atoms with Crippen LogP contribution in [0.15, 0.2) is 83.8 Å². The van der Waals surface area contributed by atoms with Gasteiger partial charge in [0.2, 0.25) is 5.91 Å². The molecule has 0 atom stereocenters. The molecule has 0 aliphatic heterocycles. The molecule has 0 aliphatic rings. The fourth-order valence-electron chi connectivity index (χ4n) is 2.95. The minimum absolute atomic E-state index is 0.000331. The number of nitrogens with zero attached hydrogens (tertiary/aromatic N) is 1. The van der Waals surface area contributed by atoms with Gasteiger partial charge in [0.1, 0.15) is 12.3 Å². The number of para-hydroxylation sites is 3. The van der Waals surface area contributed by atoms with E-state index in [1.54, 1.807) is 42.5 Å². The molecule has 0 saturated carbocycles. The summed E-state index contributed by atoms with van der Waals surface area (Å²) < 4.78 is 32.9. The van der Waals surface area contributed by atoms with Crippen LogP contribution in [0.1, 0.15) is 10.4 Å². The molecule has 31 heavy (non-hydrogen) atoms. The van der Waals surface area contributed by atoms with E-state index in [1.165, 1.54) is 43.5 Å². The highest BCUT2D eigenvalue weighted by Crippen LogP contribution is 2.32. The molecular formula is C22H20N2O6S. The number of benzene rings is 3. The Morgan fingerprint density at radius 2 is 1.55 bits per heavy atom. The molecule has 3 aromatic carbocycles. The first-order chi connectivity index (χ1) is 14.8. The van der Waals surface area contributed by atoms with Gasteiger partial charge in [0.15, 0.2) is 0 Å². The van der Waals surface area contributed by atoms with E-state index in [9.17, 15) is 23.1 Å². The Morgan fingerprint density at radius 1 is 0.935 bits per heavy atom. The van der Waals surface area contributed by atoms with Gasteiger partial charge in [0.05, 0.1) is 28.9 Å². The molecule has 0 bridgehead atoms. The monoisotopic (exact) mass is 440 g/mol. The van der Waals surface area contributed by atoms with Crippen LogP contribution in [-0.4, -0.2) is 39.1 Å². The summed E-state index contributed by atoms with van der Waals surface area (Å²) in [7, 11) is -2.73. The first-order valence-corrected chi connectivity index (χ1v) is 10.6. The Balaban J connectivity index is 2.00. The minimum atomic E-state index is -4.12. The number of methoxy groups -OCH3 is 1. The summed E-state index contributed by atoms with van der Waals surface area (Å²) in [5.41, 5.74) is 0.137. The van der Waals surface area contributed by atoms with Crippen molar-refractivity contribution in [3.63, 3.8) is 0 Å². The molecule has 0 saturated heterocycles. The van der Waals surface area contributed by atoms with Crippen molar-refractivity contribution in [2.24, 2.45) is 0 Å². The van der Waals surface area contributed by atoms with Crippen LogP contribution in [0.4, 0.5) is 11.4 Å². The normalized spacial score (nSPS) is 10.9. The summed E-state index contributed by atoms with van der Waals surface area (Å²) in [6.45, 7) is -0.592. The molecule has 3 aromatic rings. The van der Waals surface area contributed by atoms with Gasteiger partial charge in [-0.3, -0.25) is 9.10 Å². The first-order valence-electron chi connectivity index (χ1n) is 9.17. The van der Waals surface area contributed by atoms with Gasteiger partial charge in [-0.05, 0) is 36.4 Å². The number of carboxylic acid groups (broad SMARTS) is 1. The number of carbonyl (C=O) groups is 2. The molecule has 0 unspecified atom stereocenters. The third kappa shape index (κ3) is 4.84. The Labute approximate surface area is 179 Å². The van der Waals surface area contributed by atoms with Crippen molar-refractivity contribution in [2.45, 2.75) is 4.90 Å². The molecule has 1 amide bonds. The number of carboxylic acids is 1. The highest BCUT2D eigenvalue weighted by molar-refractivity contribution is 7.92. The smallest absolute Gasteiger partial charge is 0.337 e. The fraction of sp³-hybridized carbons (Fsp3) is 0.0909. The third-order valence-electron chi connectivity index (χ3n) is 4.40. The molecule has 160 valence electrons. The van der Waals surface area contributed by atoms with E-state index in [0.717, 1.165) is 4.31 Å². The highest BCUT2D eigenvalue weighted by atomic mass is 32.2. The van der Waals surface area contributed by atoms with Crippen LogP contribution in [-0.2, 0) is 14.8 Å².